The van der Waals surface area contributed by atoms with E-state index in [4.69, 9.17) is 9.72 Å². The number of aromatic nitrogens is 2. The maximum absolute atomic E-state index is 13.7. The summed E-state index contributed by atoms with van der Waals surface area (Å²) in [6.45, 7) is 0. The third-order valence-corrected chi connectivity index (χ3v) is 6.53. The Morgan fingerprint density at radius 1 is 1.03 bits per heavy atom. The number of aromatic hydroxyl groups is 1. The molecule has 1 unspecified atom stereocenters. The number of amides is 1. The van der Waals surface area contributed by atoms with E-state index in [0.29, 0.717) is 22.5 Å². The molecule has 1 aromatic heterocycles. The first-order chi connectivity index (χ1) is 15.6. The summed E-state index contributed by atoms with van der Waals surface area (Å²) in [6.07, 6.45) is 0. The van der Waals surface area contributed by atoms with Crippen LogP contribution in [-0.2, 0) is 4.79 Å². The Kier molecular flexibility index (Phi) is 5.07. The minimum Gasteiger partial charge on any atom is -0.504 e. The van der Waals surface area contributed by atoms with Gasteiger partial charge >= 0.3 is 0 Å². The topological polar surface area (TPSA) is 84.7 Å². The standard InChI is InChI=1S/C24H19N3O4S/c1-31-20-13-16(11-12-19(20)28)24-26(21(29)14-32-24)27-22(15-7-3-2-4-8-15)25-18-10-6-5-9-17(18)23(27)30/h2-13,24,28H,14H2,1H3. The number of nitrogens with zero attached hydrogens (tertiary/aromatic N) is 3. The number of carbonyl (C=O) groups is 1. The highest BCUT2D eigenvalue weighted by Gasteiger charge is 2.37. The molecule has 1 fully saturated rings. The SMILES string of the molecule is COc1cc(C2SCC(=O)N2n2c(-c3ccccc3)nc3ccccc3c2=O)ccc1O. The number of phenolic OH excluding ortho intramolecular Hbond substituents is 1. The summed E-state index contributed by atoms with van der Waals surface area (Å²) in [5, 5.41) is 11.4. The predicted molar refractivity (Wildman–Crippen MR) is 125 cm³/mol. The van der Waals surface area contributed by atoms with E-state index in [2.05, 4.69) is 0 Å². The molecule has 7 nitrogen and oxygen atoms in total. The van der Waals surface area contributed by atoms with Crippen LogP contribution >= 0.6 is 11.8 Å². The third kappa shape index (κ3) is 3.29. The summed E-state index contributed by atoms with van der Waals surface area (Å²) in [5.41, 5.74) is 1.70. The molecule has 5 rings (SSSR count). The number of hydrogen-bond acceptors (Lipinski definition) is 6. The number of thioether (sulfide) groups is 1. The zero-order chi connectivity index (χ0) is 22.2. The van der Waals surface area contributed by atoms with Crippen molar-refractivity contribution in [2.24, 2.45) is 0 Å². The van der Waals surface area contributed by atoms with Gasteiger partial charge in [-0.3, -0.25) is 9.59 Å². The molecule has 0 aliphatic carbocycles. The van der Waals surface area contributed by atoms with Gasteiger partial charge in [-0.25, -0.2) is 9.99 Å². The second-order valence-corrected chi connectivity index (χ2v) is 8.34. The number of fused-ring (bicyclic) bond motifs is 1. The molecule has 4 aromatic rings. The molecule has 2 heterocycles. The monoisotopic (exact) mass is 445 g/mol. The van der Waals surface area contributed by atoms with Gasteiger partial charge in [0.25, 0.3) is 11.5 Å². The van der Waals surface area contributed by atoms with Crippen LogP contribution in [-0.4, -0.2) is 33.5 Å². The van der Waals surface area contributed by atoms with Gasteiger partial charge in [0.1, 0.15) is 5.37 Å². The molecule has 1 aliphatic rings. The molecule has 0 bridgehead atoms. The second-order valence-electron chi connectivity index (χ2n) is 7.27. The first-order valence-corrected chi connectivity index (χ1v) is 11.0. The van der Waals surface area contributed by atoms with E-state index >= 15 is 0 Å². The van der Waals surface area contributed by atoms with Gasteiger partial charge in [-0.15, -0.1) is 11.8 Å². The second kappa shape index (κ2) is 8.05. The van der Waals surface area contributed by atoms with Crippen LogP contribution in [0.5, 0.6) is 11.5 Å². The van der Waals surface area contributed by atoms with Gasteiger partial charge in [0.2, 0.25) is 0 Å². The maximum Gasteiger partial charge on any atom is 0.280 e. The Hall–Kier alpha value is -3.78. The Labute approximate surface area is 187 Å². The normalized spacial score (nSPS) is 16.0. The molecule has 1 aliphatic heterocycles. The van der Waals surface area contributed by atoms with Gasteiger partial charge in [0.05, 0.1) is 23.8 Å². The fourth-order valence-electron chi connectivity index (χ4n) is 3.82. The van der Waals surface area contributed by atoms with Crippen molar-refractivity contribution >= 4 is 28.6 Å². The third-order valence-electron chi connectivity index (χ3n) is 5.33. The van der Waals surface area contributed by atoms with E-state index in [9.17, 15) is 14.7 Å². The van der Waals surface area contributed by atoms with Crippen LogP contribution in [0.3, 0.4) is 0 Å². The lowest BCUT2D eigenvalue weighted by molar-refractivity contribution is -0.117. The molecule has 1 N–H and O–H groups in total. The van der Waals surface area contributed by atoms with Crippen molar-refractivity contribution in [3.8, 4) is 22.9 Å². The Morgan fingerprint density at radius 2 is 1.78 bits per heavy atom. The van der Waals surface area contributed by atoms with E-state index in [0.717, 1.165) is 11.1 Å². The first kappa shape index (κ1) is 20.1. The molecule has 1 saturated heterocycles. The molecular weight excluding hydrogens is 426 g/mol. The van der Waals surface area contributed by atoms with Crippen LogP contribution in [0.25, 0.3) is 22.3 Å². The zero-order valence-electron chi connectivity index (χ0n) is 17.1. The largest absolute Gasteiger partial charge is 0.504 e. The number of carbonyl (C=O) groups excluding carboxylic acids is 1. The Morgan fingerprint density at radius 3 is 2.56 bits per heavy atom. The molecule has 0 radical (unpaired) electrons. The van der Waals surface area contributed by atoms with E-state index in [1.807, 2.05) is 36.4 Å². The molecule has 1 amide bonds. The molecule has 1 atom stereocenters. The predicted octanol–water partition coefficient (Wildman–Crippen LogP) is 3.69. The number of benzene rings is 3. The van der Waals surface area contributed by atoms with E-state index in [1.54, 1.807) is 30.3 Å². The lowest BCUT2D eigenvalue weighted by Crippen LogP contribution is -2.46. The van der Waals surface area contributed by atoms with Crippen molar-refractivity contribution in [1.29, 1.82) is 0 Å². The van der Waals surface area contributed by atoms with Gasteiger partial charge < -0.3 is 9.84 Å². The summed E-state index contributed by atoms with van der Waals surface area (Å²) in [4.78, 5) is 31.5. The number of phenols is 1. The first-order valence-electron chi connectivity index (χ1n) is 9.96. The van der Waals surface area contributed by atoms with Crippen LogP contribution in [0, 0.1) is 0 Å². The fraction of sp³-hybridized carbons (Fsp3) is 0.125. The van der Waals surface area contributed by atoms with Gasteiger partial charge in [-0.05, 0) is 29.8 Å². The fourth-order valence-corrected chi connectivity index (χ4v) is 4.94. The minimum atomic E-state index is -0.486. The van der Waals surface area contributed by atoms with E-state index in [-0.39, 0.29) is 23.0 Å². The average Bonchev–Trinajstić information content (AvgIpc) is 3.21. The molecule has 8 heteroatoms. The molecule has 3 aromatic carbocycles. The van der Waals surface area contributed by atoms with Gasteiger partial charge in [-0.1, -0.05) is 48.5 Å². The van der Waals surface area contributed by atoms with Crippen LogP contribution in [0.15, 0.2) is 77.6 Å². The number of para-hydroxylation sites is 1. The number of methoxy groups -OCH3 is 1. The quantitative estimate of drug-likeness (QED) is 0.516. The number of rotatable bonds is 4. The smallest absolute Gasteiger partial charge is 0.280 e. The summed E-state index contributed by atoms with van der Waals surface area (Å²) < 4.78 is 6.62. The highest BCUT2D eigenvalue weighted by Crippen LogP contribution is 2.41. The lowest BCUT2D eigenvalue weighted by Gasteiger charge is -2.28. The molecule has 160 valence electrons. The van der Waals surface area contributed by atoms with Crippen molar-refractivity contribution in [3.63, 3.8) is 0 Å². The molecule has 0 saturated carbocycles. The summed E-state index contributed by atoms with van der Waals surface area (Å²) >= 11 is 1.40. The summed E-state index contributed by atoms with van der Waals surface area (Å²) in [5.74, 6) is 0.701. The summed E-state index contributed by atoms with van der Waals surface area (Å²) in [7, 11) is 1.47. The van der Waals surface area contributed by atoms with Crippen molar-refractivity contribution in [2.45, 2.75) is 5.37 Å². The van der Waals surface area contributed by atoms with Crippen LogP contribution in [0.1, 0.15) is 10.9 Å². The molecule has 0 spiro atoms. The van der Waals surface area contributed by atoms with Gasteiger partial charge in [0, 0.05) is 5.56 Å². The Balaban J connectivity index is 1.76. The number of ether oxygens (including phenoxy) is 1. The average molecular weight is 446 g/mol. The number of hydrogen-bond donors (Lipinski definition) is 1. The van der Waals surface area contributed by atoms with Crippen LogP contribution < -0.4 is 15.3 Å². The van der Waals surface area contributed by atoms with Crippen LogP contribution in [0.2, 0.25) is 0 Å². The van der Waals surface area contributed by atoms with Crippen molar-refractivity contribution < 1.29 is 14.6 Å². The zero-order valence-corrected chi connectivity index (χ0v) is 18.0. The Bertz CT molecular complexity index is 1390. The van der Waals surface area contributed by atoms with Crippen molar-refractivity contribution in [2.75, 3.05) is 17.9 Å². The van der Waals surface area contributed by atoms with Gasteiger partial charge in [0.15, 0.2) is 17.3 Å². The maximum atomic E-state index is 13.7. The lowest BCUT2D eigenvalue weighted by atomic mass is 10.1. The van der Waals surface area contributed by atoms with E-state index in [1.165, 1.54) is 34.6 Å². The van der Waals surface area contributed by atoms with E-state index < -0.39 is 5.37 Å². The van der Waals surface area contributed by atoms with Gasteiger partial charge in [-0.2, -0.15) is 4.68 Å². The molecular formula is C24H19N3O4S. The van der Waals surface area contributed by atoms with Crippen molar-refractivity contribution in [3.05, 3.63) is 88.7 Å². The molecule has 32 heavy (non-hydrogen) atoms. The van der Waals surface area contributed by atoms with Crippen LogP contribution in [0.4, 0.5) is 0 Å². The highest BCUT2D eigenvalue weighted by atomic mass is 32.2. The van der Waals surface area contributed by atoms with Crippen molar-refractivity contribution in [1.82, 2.24) is 9.66 Å². The summed E-state index contributed by atoms with van der Waals surface area (Å²) in [6, 6.07) is 21.4. The highest BCUT2D eigenvalue weighted by molar-refractivity contribution is 8.00. The minimum absolute atomic E-state index is 0.00615.